The Hall–Kier alpha value is -4.06. The first-order valence-corrected chi connectivity index (χ1v) is 13.5. The molecule has 0 aliphatic carbocycles. The van der Waals surface area contributed by atoms with Crippen molar-refractivity contribution < 1.29 is 13.7 Å². The predicted molar refractivity (Wildman–Crippen MR) is 161 cm³/mol. The number of hydrogen-bond donors (Lipinski definition) is 0. The quantitative estimate of drug-likeness (QED) is 0.221. The van der Waals surface area contributed by atoms with Crippen LogP contribution in [0, 0.1) is 0 Å². The van der Waals surface area contributed by atoms with Crippen LogP contribution in [0.2, 0.25) is 0 Å². The number of fused-ring (bicyclic) bond motifs is 8. The molecule has 0 radical (unpaired) electrons. The predicted octanol–water partition coefficient (Wildman–Crippen LogP) is 8.14. The van der Waals surface area contributed by atoms with Gasteiger partial charge >= 0.3 is 7.12 Å². The molecule has 0 unspecified atom stereocenters. The van der Waals surface area contributed by atoms with Crippen molar-refractivity contribution in [2.45, 2.75) is 38.9 Å². The highest BCUT2D eigenvalue weighted by atomic mass is 16.7. The van der Waals surface area contributed by atoms with Gasteiger partial charge in [-0.3, -0.25) is 0 Å². The summed E-state index contributed by atoms with van der Waals surface area (Å²) in [5.41, 5.74) is 5.47. The molecular weight excluding hydrogens is 481 g/mol. The minimum absolute atomic E-state index is 0.389. The maximum atomic E-state index is 6.51. The average Bonchev–Trinajstić information content (AvgIpc) is 3.55. The van der Waals surface area contributed by atoms with E-state index < -0.39 is 7.12 Å². The molecule has 0 bridgehead atoms. The fourth-order valence-corrected chi connectivity index (χ4v) is 6.09. The molecule has 0 amide bonds. The van der Waals surface area contributed by atoms with Crippen LogP contribution in [0.15, 0.2) is 101 Å². The van der Waals surface area contributed by atoms with Crippen LogP contribution < -0.4 is 5.46 Å². The third-order valence-electron chi connectivity index (χ3n) is 8.81. The molecule has 0 N–H and O–H groups in total. The van der Waals surface area contributed by atoms with Crippen LogP contribution in [-0.4, -0.2) is 22.9 Å². The Balaban J connectivity index is 1.45. The van der Waals surface area contributed by atoms with Gasteiger partial charge in [0.1, 0.15) is 11.2 Å². The summed E-state index contributed by atoms with van der Waals surface area (Å²) in [4.78, 5) is 0. The highest BCUT2D eigenvalue weighted by molar-refractivity contribution is 6.62. The Morgan fingerprint density at radius 3 is 2.05 bits per heavy atom. The standard InChI is InChI=1S/C34H28BNO3/c1-33(2)34(3,4)39-35(38-33)22-17-18-28-26(20-22)24-13-7-9-15-27(24)36(28)29-19-21-11-5-6-12-23(21)32-31(29)25-14-8-10-16-30(25)37-32/h5-20H,1-4H3. The molecule has 3 heterocycles. The summed E-state index contributed by atoms with van der Waals surface area (Å²) >= 11 is 0. The number of hydrogen-bond acceptors (Lipinski definition) is 3. The Morgan fingerprint density at radius 2 is 1.26 bits per heavy atom. The van der Waals surface area contributed by atoms with Gasteiger partial charge < -0.3 is 18.3 Å². The smallest absolute Gasteiger partial charge is 0.455 e. The molecule has 1 saturated heterocycles. The summed E-state index contributed by atoms with van der Waals surface area (Å²) in [6.07, 6.45) is 0. The maximum Gasteiger partial charge on any atom is 0.494 e. The lowest BCUT2D eigenvalue weighted by Crippen LogP contribution is -2.41. The molecule has 190 valence electrons. The van der Waals surface area contributed by atoms with Crippen LogP contribution in [0.4, 0.5) is 0 Å². The molecule has 8 rings (SSSR count). The zero-order valence-corrected chi connectivity index (χ0v) is 22.5. The minimum Gasteiger partial charge on any atom is -0.455 e. The number of para-hydroxylation sites is 2. The van der Waals surface area contributed by atoms with Crippen LogP contribution >= 0.6 is 0 Å². The molecule has 2 aromatic heterocycles. The zero-order valence-electron chi connectivity index (χ0n) is 22.5. The fraction of sp³-hybridized carbons (Fsp3) is 0.176. The summed E-state index contributed by atoms with van der Waals surface area (Å²) in [6, 6.07) is 34.3. The second kappa shape index (κ2) is 7.75. The largest absolute Gasteiger partial charge is 0.494 e. The van der Waals surface area contributed by atoms with E-state index in [0.717, 1.165) is 54.9 Å². The van der Waals surface area contributed by atoms with E-state index in [0.29, 0.717) is 0 Å². The van der Waals surface area contributed by atoms with Gasteiger partial charge in [0.25, 0.3) is 0 Å². The second-order valence-corrected chi connectivity index (χ2v) is 11.6. The molecular formula is C34H28BNO3. The van der Waals surface area contributed by atoms with E-state index in [9.17, 15) is 0 Å². The molecule has 0 saturated carbocycles. The van der Waals surface area contributed by atoms with E-state index >= 15 is 0 Å². The van der Waals surface area contributed by atoms with Crippen molar-refractivity contribution in [2.24, 2.45) is 0 Å². The van der Waals surface area contributed by atoms with Crippen molar-refractivity contribution in [3.05, 3.63) is 97.1 Å². The van der Waals surface area contributed by atoms with Crippen LogP contribution in [0.5, 0.6) is 0 Å². The van der Waals surface area contributed by atoms with Gasteiger partial charge in [-0.15, -0.1) is 0 Å². The molecule has 5 heteroatoms. The normalized spacial score (nSPS) is 16.9. The number of benzene rings is 5. The SMILES string of the molecule is CC1(C)OB(c2ccc3c(c2)c2ccccc2n3-c2cc3ccccc3c3oc4ccccc4c23)OC1(C)C. The first-order chi connectivity index (χ1) is 18.8. The minimum atomic E-state index is -0.410. The van der Waals surface area contributed by atoms with Crippen molar-refractivity contribution in [3.8, 4) is 5.69 Å². The highest BCUT2D eigenvalue weighted by Gasteiger charge is 2.51. The molecule has 1 aliphatic heterocycles. The van der Waals surface area contributed by atoms with Gasteiger partial charge in [0, 0.05) is 21.5 Å². The third-order valence-corrected chi connectivity index (χ3v) is 8.81. The fourth-order valence-electron chi connectivity index (χ4n) is 6.09. The van der Waals surface area contributed by atoms with Crippen molar-refractivity contribution >= 4 is 67.1 Å². The number of aromatic nitrogens is 1. The van der Waals surface area contributed by atoms with Gasteiger partial charge in [-0.1, -0.05) is 72.8 Å². The van der Waals surface area contributed by atoms with Crippen molar-refractivity contribution in [3.63, 3.8) is 0 Å². The third kappa shape index (κ3) is 3.15. The van der Waals surface area contributed by atoms with E-state index in [1.54, 1.807) is 0 Å². The topological polar surface area (TPSA) is 36.5 Å². The molecule has 0 spiro atoms. The Bertz CT molecular complexity index is 2080. The lowest BCUT2D eigenvalue weighted by molar-refractivity contribution is 0.00578. The average molecular weight is 509 g/mol. The summed E-state index contributed by atoms with van der Waals surface area (Å²) < 4.78 is 21.7. The van der Waals surface area contributed by atoms with Crippen LogP contribution in [0.1, 0.15) is 27.7 Å². The Kier molecular flexibility index (Phi) is 4.55. The molecule has 7 aromatic rings. The van der Waals surface area contributed by atoms with E-state index in [4.69, 9.17) is 13.7 Å². The second-order valence-electron chi connectivity index (χ2n) is 11.6. The Morgan fingerprint density at radius 1 is 0.615 bits per heavy atom. The molecule has 0 atom stereocenters. The van der Waals surface area contributed by atoms with Crippen LogP contribution in [-0.2, 0) is 9.31 Å². The zero-order chi connectivity index (χ0) is 26.5. The molecule has 5 aromatic carbocycles. The lowest BCUT2D eigenvalue weighted by atomic mass is 9.78. The van der Waals surface area contributed by atoms with Gasteiger partial charge in [-0.05, 0) is 62.8 Å². The Labute approximate surface area is 226 Å². The van der Waals surface area contributed by atoms with Gasteiger partial charge in [0.2, 0.25) is 0 Å². The van der Waals surface area contributed by atoms with Gasteiger partial charge in [0.05, 0.1) is 33.3 Å². The molecule has 4 nitrogen and oxygen atoms in total. The maximum absolute atomic E-state index is 6.51. The first kappa shape index (κ1) is 22.9. The van der Waals surface area contributed by atoms with Crippen molar-refractivity contribution in [1.29, 1.82) is 0 Å². The lowest BCUT2D eigenvalue weighted by Gasteiger charge is -2.32. The number of rotatable bonds is 2. The highest BCUT2D eigenvalue weighted by Crippen LogP contribution is 2.42. The summed E-state index contributed by atoms with van der Waals surface area (Å²) in [7, 11) is -0.410. The first-order valence-electron chi connectivity index (χ1n) is 13.5. The van der Waals surface area contributed by atoms with E-state index in [2.05, 4.69) is 123 Å². The molecule has 39 heavy (non-hydrogen) atoms. The summed E-state index contributed by atoms with van der Waals surface area (Å²) in [5.74, 6) is 0. The number of furan rings is 1. The van der Waals surface area contributed by atoms with Gasteiger partial charge in [0.15, 0.2) is 0 Å². The monoisotopic (exact) mass is 509 g/mol. The summed E-state index contributed by atoms with van der Waals surface area (Å²) in [5, 5.41) is 6.89. The number of nitrogens with zero attached hydrogens (tertiary/aromatic N) is 1. The molecule has 1 fully saturated rings. The van der Waals surface area contributed by atoms with Crippen LogP contribution in [0.3, 0.4) is 0 Å². The molecule has 1 aliphatic rings. The van der Waals surface area contributed by atoms with Gasteiger partial charge in [-0.2, -0.15) is 0 Å². The van der Waals surface area contributed by atoms with E-state index in [-0.39, 0.29) is 11.2 Å². The van der Waals surface area contributed by atoms with E-state index in [1.807, 2.05) is 6.07 Å². The van der Waals surface area contributed by atoms with Crippen molar-refractivity contribution in [2.75, 3.05) is 0 Å². The summed E-state index contributed by atoms with van der Waals surface area (Å²) in [6.45, 7) is 8.38. The van der Waals surface area contributed by atoms with Crippen molar-refractivity contribution in [1.82, 2.24) is 4.57 Å². The van der Waals surface area contributed by atoms with E-state index in [1.165, 1.54) is 10.8 Å². The van der Waals surface area contributed by atoms with Crippen LogP contribution in [0.25, 0.3) is 60.2 Å². The van der Waals surface area contributed by atoms with Gasteiger partial charge in [-0.25, -0.2) is 0 Å².